The molecule has 5 nitrogen and oxygen atoms in total. The summed E-state index contributed by atoms with van der Waals surface area (Å²) in [5, 5.41) is 3.47. The zero-order valence-corrected chi connectivity index (χ0v) is 14.6. The average Bonchev–Trinajstić information content (AvgIpc) is 2.54. The molecule has 0 aromatic heterocycles. The number of sulfonamides is 1. The van der Waals surface area contributed by atoms with Crippen LogP contribution in [-0.4, -0.2) is 27.1 Å². The number of benzene rings is 2. The molecule has 1 N–H and O–H groups in total. The van der Waals surface area contributed by atoms with E-state index in [0.29, 0.717) is 29.2 Å². The van der Waals surface area contributed by atoms with E-state index in [2.05, 4.69) is 5.32 Å². The van der Waals surface area contributed by atoms with Gasteiger partial charge in [-0.25, -0.2) is 8.42 Å². The van der Waals surface area contributed by atoms with E-state index in [1.807, 2.05) is 12.1 Å². The van der Waals surface area contributed by atoms with Crippen molar-refractivity contribution in [3.05, 3.63) is 64.7 Å². The van der Waals surface area contributed by atoms with Crippen molar-refractivity contribution in [2.24, 2.45) is 0 Å². The number of nitrogens with zero attached hydrogens (tertiary/aromatic N) is 1. The lowest BCUT2D eigenvalue weighted by Gasteiger charge is -2.34. The molecule has 0 bridgehead atoms. The first kappa shape index (κ1) is 16.8. The molecule has 126 valence electrons. The summed E-state index contributed by atoms with van der Waals surface area (Å²) in [7, 11) is -3.35. The highest BCUT2D eigenvalue weighted by Crippen LogP contribution is 2.35. The van der Waals surface area contributed by atoms with E-state index in [4.69, 9.17) is 11.6 Å². The van der Waals surface area contributed by atoms with Gasteiger partial charge in [0.2, 0.25) is 10.0 Å². The van der Waals surface area contributed by atoms with Crippen molar-refractivity contribution in [1.29, 1.82) is 0 Å². The molecule has 0 saturated carbocycles. The third-order valence-corrected chi connectivity index (χ3v) is 5.41. The highest BCUT2D eigenvalue weighted by Gasteiger charge is 2.30. The molecular weight excluding hydrogens is 348 g/mol. The molecular formula is C17H17ClN2O3S. The Labute approximate surface area is 146 Å². The van der Waals surface area contributed by atoms with Gasteiger partial charge in [-0.3, -0.25) is 9.10 Å². The van der Waals surface area contributed by atoms with Gasteiger partial charge in [-0.05, 0) is 36.2 Å². The Balaban J connectivity index is 1.89. The first-order chi connectivity index (χ1) is 11.4. The Morgan fingerprint density at radius 1 is 1.21 bits per heavy atom. The molecule has 0 spiro atoms. The van der Waals surface area contributed by atoms with E-state index in [-0.39, 0.29) is 11.9 Å². The van der Waals surface area contributed by atoms with Crippen molar-refractivity contribution >= 4 is 33.2 Å². The number of carbonyl (C=O) groups is 1. The van der Waals surface area contributed by atoms with Crippen LogP contribution < -0.4 is 9.62 Å². The standard InChI is InChI=1S/C17H17ClN2O3S/c1-24(22,23)20-10-9-15(14-7-2-3-8-16(14)20)19-17(21)12-5-4-6-13(18)11-12/h2-8,11,15H,9-10H2,1H3,(H,19,21). The number of anilines is 1. The van der Waals surface area contributed by atoms with Gasteiger partial charge in [0.25, 0.3) is 5.91 Å². The summed E-state index contributed by atoms with van der Waals surface area (Å²) in [6.45, 7) is 0.330. The zero-order valence-electron chi connectivity index (χ0n) is 13.1. The Morgan fingerprint density at radius 3 is 2.67 bits per heavy atom. The first-order valence-corrected chi connectivity index (χ1v) is 9.72. The molecule has 3 rings (SSSR count). The van der Waals surface area contributed by atoms with E-state index in [1.165, 1.54) is 10.6 Å². The monoisotopic (exact) mass is 364 g/mol. The summed E-state index contributed by atoms with van der Waals surface area (Å²) in [5.41, 5.74) is 1.89. The first-order valence-electron chi connectivity index (χ1n) is 7.49. The summed E-state index contributed by atoms with van der Waals surface area (Å²) in [6, 6.07) is 13.7. The quantitative estimate of drug-likeness (QED) is 0.910. The molecule has 1 aliphatic heterocycles. The molecule has 2 aromatic carbocycles. The molecule has 0 saturated heterocycles. The number of para-hydroxylation sites is 1. The van der Waals surface area contributed by atoms with Crippen LogP contribution in [0, 0.1) is 0 Å². The van der Waals surface area contributed by atoms with Gasteiger partial charge in [-0.1, -0.05) is 35.9 Å². The van der Waals surface area contributed by atoms with Gasteiger partial charge in [0.05, 0.1) is 18.0 Å². The molecule has 2 aromatic rings. The molecule has 1 heterocycles. The Bertz CT molecular complexity index is 883. The highest BCUT2D eigenvalue weighted by molar-refractivity contribution is 7.92. The van der Waals surface area contributed by atoms with Crippen LogP contribution in [0.1, 0.15) is 28.4 Å². The van der Waals surface area contributed by atoms with Crippen LogP contribution in [-0.2, 0) is 10.0 Å². The maximum Gasteiger partial charge on any atom is 0.251 e. The van der Waals surface area contributed by atoms with Crippen molar-refractivity contribution in [3.63, 3.8) is 0 Å². The van der Waals surface area contributed by atoms with E-state index < -0.39 is 10.0 Å². The summed E-state index contributed by atoms with van der Waals surface area (Å²) >= 11 is 5.93. The molecule has 1 unspecified atom stereocenters. The maximum absolute atomic E-state index is 12.5. The fourth-order valence-electron chi connectivity index (χ4n) is 2.90. The summed E-state index contributed by atoms with van der Waals surface area (Å²) in [4.78, 5) is 12.5. The predicted octanol–water partition coefficient (Wildman–Crippen LogP) is 2.98. The molecule has 7 heteroatoms. The third kappa shape index (κ3) is 3.39. The molecule has 1 atom stereocenters. The van der Waals surface area contributed by atoms with Gasteiger partial charge >= 0.3 is 0 Å². The van der Waals surface area contributed by atoms with Crippen LogP contribution in [0.3, 0.4) is 0 Å². The molecule has 0 fully saturated rings. The SMILES string of the molecule is CS(=O)(=O)N1CCC(NC(=O)c2cccc(Cl)c2)c2ccccc21. The summed E-state index contributed by atoms with van der Waals surface area (Å²) < 4.78 is 25.3. The second-order valence-corrected chi connectivity index (χ2v) is 8.06. The van der Waals surface area contributed by atoms with E-state index in [1.54, 1.807) is 36.4 Å². The van der Waals surface area contributed by atoms with Crippen LogP contribution in [0.4, 0.5) is 5.69 Å². The lowest BCUT2D eigenvalue weighted by atomic mass is 9.97. The Morgan fingerprint density at radius 2 is 1.96 bits per heavy atom. The Hall–Kier alpha value is -2.05. The van der Waals surface area contributed by atoms with E-state index >= 15 is 0 Å². The normalized spacial score (nSPS) is 17.2. The number of amides is 1. The predicted molar refractivity (Wildman–Crippen MR) is 94.9 cm³/mol. The number of hydrogen-bond donors (Lipinski definition) is 1. The van der Waals surface area contributed by atoms with Crippen molar-refractivity contribution in [1.82, 2.24) is 5.32 Å². The Kier molecular flexibility index (Phi) is 4.51. The maximum atomic E-state index is 12.5. The van der Waals surface area contributed by atoms with E-state index in [9.17, 15) is 13.2 Å². The van der Waals surface area contributed by atoms with Crippen LogP contribution in [0.15, 0.2) is 48.5 Å². The van der Waals surface area contributed by atoms with Crippen LogP contribution >= 0.6 is 11.6 Å². The van der Waals surface area contributed by atoms with Gasteiger partial charge in [0.1, 0.15) is 0 Å². The van der Waals surface area contributed by atoms with Gasteiger partial charge in [0, 0.05) is 17.1 Å². The number of hydrogen-bond acceptors (Lipinski definition) is 3. The number of carbonyl (C=O) groups excluding carboxylic acids is 1. The largest absolute Gasteiger partial charge is 0.345 e. The topological polar surface area (TPSA) is 66.5 Å². The van der Waals surface area contributed by atoms with Crippen molar-refractivity contribution < 1.29 is 13.2 Å². The van der Waals surface area contributed by atoms with Crippen LogP contribution in [0.2, 0.25) is 5.02 Å². The average molecular weight is 365 g/mol. The highest BCUT2D eigenvalue weighted by atomic mass is 35.5. The van der Waals surface area contributed by atoms with Crippen molar-refractivity contribution in [2.75, 3.05) is 17.1 Å². The molecule has 1 amide bonds. The summed E-state index contributed by atoms with van der Waals surface area (Å²) in [6.07, 6.45) is 1.70. The molecule has 1 aliphatic rings. The minimum absolute atomic E-state index is 0.231. The van der Waals surface area contributed by atoms with Crippen molar-refractivity contribution in [3.8, 4) is 0 Å². The molecule has 24 heavy (non-hydrogen) atoms. The van der Waals surface area contributed by atoms with Gasteiger partial charge in [0.15, 0.2) is 0 Å². The summed E-state index contributed by atoms with van der Waals surface area (Å²) in [5.74, 6) is -0.231. The number of fused-ring (bicyclic) bond motifs is 1. The lowest BCUT2D eigenvalue weighted by Crippen LogP contribution is -2.40. The van der Waals surface area contributed by atoms with Crippen molar-refractivity contribution in [2.45, 2.75) is 12.5 Å². The number of rotatable bonds is 3. The number of halogens is 1. The second kappa shape index (κ2) is 6.45. The fourth-order valence-corrected chi connectivity index (χ4v) is 4.05. The van der Waals surface area contributed by atoms with Gasteiger partial charge in [-0.15, -0.1) is 0 Å². The number of nitrogens with one attached hydrogen (secondary N) is 1. The van der Waals surface area contributed by atoms with Crippen LogP contribution in [0.5, 0.6) is 0 Å². The third-order valence-electron chi connectivity index (χ3n) is 3.99. The van der Waals surface area contributed by atoms with Crippen LogP contribution in [0.25, 0.3) is 0 Å². The second-order valence-electron chi connectivity index (χ2n) is 5.72. The minimum Gasteiger partial charge on any atom is -0.345 e. The molecule has 0 aliphatic carbocycles. The van der Waals surface area contributed by atoms with E-state index in [0.717, 1.165) is 5.56 Å². The smallest absolute Gasteiger partial charge is 0.251 e. The van der Waals surface area contributed by atoms with Gasteiger partial charge < -0.3 is 5.32 Å². The molecule has 0 radical (unpaired) electrons. The van der Waals surface area contributed by atoms with Gasteiger partial charge in [-0.2, -0.15) is 0 Å². The minimum atomic E-state index is -3.35. The zero-order chi connectivity index (χ0) is 17.3. The fraction of sp³-hybridized carbons (Fsp3) is 0.235. The lowest BCUT2D eigenvalue weighted by molar-refractivity contribution is 0.0934.